The molecule has 0 radical (unpaired) electrons. The zero-order valence-electron chi connectivity index (χ0n) is 17.7. The largest absolute Gasteiger partial charge is 0.331 e. The van der Waals surface area contributed by atoms with Gasteiger partial charge in [-0.05, 0) is 37.3 Å². The summed E-state index contributed by atoms with van der Waals surface area (Å²) in [4.78, 5) is 0. The molecule has 1 rings (SSSR count). The fourth-order valence-electron chi connectivity index (χ4n) is 3.71. The van der Waals surface area contributed by atoms with E-state index in [0.717, 1.165) is 25.3 Å². The molecule has 162 valence electrons. The molecule has 1 aromatic carbocycles. The van der Waals surface area contributed by atoms with Crippen LogP contribution < -0.4 is 0 Å². The van der Waals surface area contributed by atoms with Crippen molar-refractivity contribution >= 4 is 0 Å². The van der Waals surface area contributed by atoms with Gasteiger partial charge in [-0.3, -0.25) is 0 Å². The third-order valence-electron chi connectivity index (χ3n) is 5.35. The molecule has 3 nitrogen and oxygen atoms in total. The van der Waals surface area contributed by atoms with Crippen LogP contribution in [0.5, 0.6) is 0 Å². The SMILES string of the molecule is CCCCCCCCC(CCCc1cc(F)c(F)cc1F)C(OC)(OC)OC. The molecule has 0 saturated carbocycles. The Morgan fingerprint density at radius 3 is 1.89 bits per heavy atom. The van der Waals surface area contributed by atoms with Crippen LogP contribution in [0.3, 0.4) is 0 Å². The van der Waals surface area contributed by atoms with Gasteiger partial charge in [-0.1, -0.05) is 45.4 Å². The first kappa shape index (κ1) is 24.9. The second kappa shape index (κ2) is 13.2. The molecule has 28 heavy (non-hydrogen) atoms. The van der Waals surface area contributed by atoms with E-state index in [1.54, 1.807) is 0 Å². The molecule has 0 saturated heterocycles. The first-order valence-electron chi connectivity index (χ1n) is 10.2. The number of methoxy groups -OCH3 is 3. The fraction of sp³-hybridized carbons (Fsp3) is 0.727. The average molecular weight is 405 g/mol. The van der Waals surface area contributed by atoms with Gasteiger partial charge < -0.3 is 14.2 Å². The van der Waals surface area contributed by atoms with Crippen molar-refractivity contribution in [2.24, 2.45) is 5.92 Å². The van der Waals surface area contributed by atoms with E-state index in [4.69, 9.17) is 14.2 Å². The summed E-state index contributed by atoms with van der Waals surface area (Å²) in [6.07, 6.45) is 9.44. The van der Waals surface area contributed by atoms with Gasteiger partial charge in [0.2, 0.25) is 0 Å². The van der Waals surface area contributed by atoms with Crippen molar-refractivity contribution in [3.63, 3.8) is 0 Å². The Balaban J connectivity index is 2.67. The van der Waals surface area contributed by atoms with E-state index in [1.807, 2.05) is 0 Å². The van der Waals surface area contributed by atoms with Gasteiger partial charge in [0.05, 0.1) is 0 Å². The van der Waals surface area contributed by atoms with E-state index >= 15 is 0 Å². The zero-order valence-corrected chi connectivity index (χ0v) is 17.7. The number of benzene rings is 1. The lowest BCUT2D eigenvalue weighted by atomic mass is 9.91. The fourth-order valence-corrected chi connectivity index (χ4v) is 3.71. The van der Waals surface area contributed by atoms with Gasteiger partial charge in [0, 0.05) is 33.3 Å². The average Bonchev–Trinajstić information content (AvgIpc) is 2.69. The number of halogens is 3. The standard InChI is InChI=1S/C22H35F3O3/c1-5-6-7-8-9-10-13-18(22(26-2,27-3)28-4)14-11-12-17-15-20(24)21(25)16-19(17)23/h15-16,18H,5-14H2,1-4H3. The molecular formula is C22H35F3O3. The van der Waals surface area contributed by atoms with Gasteiger partial charge in [0.1, 0.15) is 5.82 Å². The second-order valence-electron chi connectivity index (χ2n) is 7.22. The molecule has 0 heterocycles. The molecule has 0 aliphatic carbocycles. The van der Waals surface area contributed by atoms with E-state index < -0.39 is 23.4 Å². The molecule has 0 bridgehead atoms. The minimum atomic E-state index is -1.17. The smallest absolute Gasteiger partial charge is 0.285 e. The molecule has 0 aliphatic rings. The van der Waals surface area contributed by atoms with Crippen molar-refractivity contribution < 1.29 is 27.4 Å². The quantitative estimate of drug-likeness (QED) is 0.193. The van der Waals surface area contributed by atoms with Crippen molar-refractivity contribution in [3.8, 4) is 0 Å². The molecule has 0 spiro atoms. The van der Waals surface area contributed by atoms with Crippen LogP contribution in [0.15, 0.2) is 12.1 Å². The monoisotopic (exact) mass is 404 g/mol. The minimum Gasteiger partial charge on any atom is -0.331 e. The predicted octanol–water partition coefficient (Wildman–Crippen LogP) is 6.39. The number of rotatable bonds is 15. The van der Waals surface area contributed by atoms with Crippen LogP contribution >= 0.6 is 0 Å². The number of hydrogen-bond donors (Lipinski definition) is 0. The van der Waals surface area contributed by atoms with Crippen LogP contribution in [0, 0.1) is 23.4 Å². The number of aryl methyl sites for hydroxylation is 1. The number of hydrogen-bond acceptors (Lipinski definition) is 3. The molecule has 1 unspecified atom stereocenters. The second-order valence-corrected chi connectivity index (χ2v) is 7.22. The first-order chi connectivity index (χ1) is 13.4. The Hall–Kier alpha value is -1.11. The summed E-state index contributed by atoms with van der Waals surface area (Å²) >= 11 is 0. The Morgan fingerprint density at radius 1 is 0.750 bits per heavy atom. The van der Waals surface area contributed by atoms with Crippen molar-refractivity contribution in [1.82, 2.24) is 0 Å². The lowest BCUT2D eigenvalue weighted by molar-refractivity contribution is -0.380. The van der Waals surface area contributed by atoms with Gasteiger partial charge in [0.25, 0.3) is 5.97 Å². The van der Waals surface area contributed by atoms with Gasteiger partial charge in [0.15, 0.2) is 11.6 Å². The lowest BCUT2D eigenvalue weighted by Gasteiger charge is -2.36. The molecule has 0 aliphatic heterocycles. The van der Waals surface area contributed by atoms with Gasteiger partial charge in [-0.15, -0.1) is 0 Å². The topological polar surface area (TPSA) is 27.7 Å². The first-order valence-corrected chi connectivity index (χ1v) is 10.2. The van der Waals surface area contributed by atoms with Crippen LogP contribution in [-0.2, 0) is 20.6 Å². The highest BCUT2D eigenvalue weighted by Crippen LogP contribution is 2.33. The molecule has 1 aromatic rings. The van der Waals surface area contributed by atoms with E-state index in [1.165, 1.54) is 47.0 Å². The predicted molar refractivity (Wildman–Crippen MR) is 104 cm³/mol. The van der Waals surface area contributed by atoms with Crippen LogP contribution in [0.25, 0.3) is 0 Å². The van der Waals surface area contributed by atoms with Crippen LogP contribution in [0.1, 0.15) is 70.3 Å². The highest BCUT2D eigenvalue weighted by molar-refractivity contribution is 5.20. The van der Waals surface area contributed by atoms with Gasteiger partial charge in [-0.2, -0.15) is 0 Å². The molecule has 0 aromatic heterocycles. The molecular weight excluding hydrogens is 369 g/mol. The van der Waals surface area contributed by atoms with Crippen molar-refractivity contribution in [2.45, 2.75) is 77.1 Å². The summed E-state index contributed by atoms with van der Waals surface area (Å²) in [6, 6.07) is 1.53. The highest BCUT2D eigenvalue weighted by atomic mass is 19.2. The maximum Gasteiger partial charge on any atom is 0.285 e. The number of ether oxygens (including phenoxy) is 3. The van der Waals surface area contributed by atoms with Crippen LogP contribution in [0.2, 0.25) is 0 Å². The van der Waals surface area contributed by atoms with Crippen molar-refractivity contribution in [1.29, 1.82) is 0 Å². The van der Waals surface area contributed by atoms with E-state index in [2.05, 4.69) is 6.92 Å². The summed E-state index contributed by atoms with van der Waals surface area (Å²) < 4.78 is 56.9. The Labute approximate surface area is 167 Å². The van der Waals surface area contributed by atoms with Gasteiger partial charge >= 0.3 is 0 Å². The summed E-state index contributed by atoms with van der Waals surface area (Å²) in [5.41, 5.74) is 0.176. The van der Waals surface area contributed by atoms with E-state index in [0.29, 0.717) is 25.3 Å². The van der Waals surface area contributed by atoms with Crippen LogP contribution in [0.4, 0.5) is 13.2 Å². The normalized spacial score (nSPS) is 13.1. The summed E-state index contributed by atoms with van der Waals surface area (Å²) in [5.74, 6) is -4.12. The number of unbranched alkanes of at least 4 members (excludes halogenated alkanes) is 5. The van der Waals surface area contributed by atoms with Crippen LogP contribution in [-0.4, -0.2) is 27.3 Å². The molecule has 6 heteroatoms. The maximum absolute atomic E-state index is 13.9. The summed E-state index contributed by atoms with van der Waals surface area (Å²) in [7, 11) is 4.61. The molecule has 0 fully saturated rings. The summed E-state index contributed by atoms with van der Waals surface area (Å²) in [6.45, 7) is 2.19. The Morgan fingerprint density at radius 2 is 1.29 bits per heavy atom. The van der Waals surface area contributed by atoms with Crippen molar-refractivity contribution in [3.05, 3.63) is 35.1 Å². The maximum atomic E-state index is 13.9. The third-order valence-corrected chi connectivity index (χ3v) is 5.35. The summed E-state index contributed by atoms with van der Waals surface area (Å²) in [5, 5.41) is 0. The van der Waals surface area contributed by atoms with E-state index in [-0.39, 0.29) is 11.5 Å². The Kier molecular flexibility index (Phi) is 11.7. The van der Waals surface area contributed by atoms with Gasteiger partial charge in [-0.25, -0.2) is 13.2 Å². The molecule has 0 N–H and O–H groups in total. The lowest BCUT2D eigenvalue weighted by Crippen LogP contribution is -2.44. The highest BCUT2D eigenvalue weighted by Gasteiger charge is 2.39. The third kappa shape index (κ3) is 7.37. The van der Waals surface area contributed by atoms with Crippen molar-refractivity contribution in [2.75, 3.05) is 21.3 Å². The minimum absolute atomic E-state index is 0.0490. The Bertz CT molecular complexity index is 554. The molecule has 1 atom stereocenters. The molecule has 0 amide bonds. The zero-order chi connectivity index (χ0) is 21.0. The van der Waals surface area contributed by atoms with E-state index in [9.17, 15) is 13.2 Å².